The summed E-state index contributed by atoms with van der Waals surface area (Å²) in [5, 5.41) is 8.89. The van der Waals surface area contributed by atoms with Gasteiger partial charge in [-0.15, -0.1) is 11.3 Å². The highest BCUT2D eigenvalue weighted by molar-refractivity contribution is 7.10. The Balaban J connectivity index is 1.41. The predicted octanol–water partition coefficient (Wildman–Crippen LogP) is 2.64. The van der Waals surface area contributed by atoms with Crippen LogP contribution in [0.3, 0.4) is 0 Å². The number of hydrogen-bond donors (Lipinski definition) is 1. The summed E-state index contributed by atoms with van der Waals surface area (Å²) in [5.74, 6) is 1.89. The molecule has 29 heavy (non-hydrogen) atoms. The Morgan fingerprint density at radius 3 is 2.66 bits per heavy atom. The van der Waals surface area contributed by atoms with E-state index in [1.165, 1.54) is 0 Å². The summed E-state index contributed by atoms with van der Waals surface area (Å²) in [7, 11) is 1.63. The molecule has 152 valence electrons. The van der Waals surface area contributed by atoms with Crippen molar-refractivity contribution in [1.29, 1.82) is 0 Å². The Kier molecular flexibility index (Phi) is 5.80. The topological polar surface area (TPSA) is 80.2 Å². The van der Waals surface area contributed by atoms with E-state index < -0.39 is 0 Å². The van der Waals surface area contributed by atoms with Gasteiger partial charge in [-0.05, 0) is 42.0 Å². The van der Waals surface area contributed by atoms with Crippen molar-refractivity contribution in [3.05, 3.63) is 68.5 Å². The number of piperidine rings is 1. The number of amides is 1. The highest BCUT2D eigenvalue weighted by Crippen LogP contribution is 2.27. The number of carbonyl (C=O) groups is 1. The molecule has 7 nitrogen and oxygen atoms in total. The maximum Gasteiger partial charge on any atom is 0.343 e. The Labute approximate surface area is 172 Å². The van der Waals surface area contributed by atoms with E-state index in [9.17, 15) is 9.59 Å². The van der Waals surface area contributed by atoms with Gasteiger partial charge in [-0.1, -0.05) is 18.2 Å². The van der Waals surface area contributed by atoms with E-state index in [2.05, 4.69) is 10.2 Å². The SMILES string of the molecule is COc1ccc(Cn2c(C3CCN(C(=O)Cc4cccs4)CC3)n[nH]c2=O)cc1. The van der Waals surface area contributed by atoms with Crippen molar-refractivity contribution in [2.45, 2.75) is 31.7 Å². The molecule has 1 amide bonds. The van der Waals surface area contributed by atoms with E-state index in [1.54, 1.807) is 23.0 Å². The third kappa shape index (κ3) is 4.42. The van der Waals surface area contributed by atoms with Crippen LogP contribution in [0.15, 0.2) is 46.6 Å². The van der Waals surface area contributed by atoms with Gasteiger partial charge in [0.15, 0.2) is 0 Å². The molecule has 1 aromatic carbocycles. The zero-order valence-corrected chi connectivity index (χ0v) is 17.2. The number of rotatable bonds is 6. The monoisotopic (exact) mass is 412 g/mol. The molecule has 3 aromatic rings. The Morgan fingerprint density at radius 2 is 2.00 bits per heavy atom. The zero-order chi connectivity index (χ0) is 20.2. The number of H-pyrrole nitrogens is 1. The first-order valence-corrected chi connectivity index (χ1v) is 10.6. The molecule has 0 spiro atoms. The maximum absolute atomic E-state index is 12.5. The number of nitrogens with zero attached hydrogens (tertiary/aromatic N) is 3. The van der Waals surface area contributed by atoms with Gasteiger partial charge in [0.1, 0.15) is 11.6 Å². The number of aromatic amines is 1. The standard InChI is InChI=1S/C21H24N4O3S/c1-28-17-6-4-15(5-7-17)14-25-20(22-23-21(25)27)16-8-10-24(11-9-16)19(26)13-18-3-2-12-29-18/h2-7,12,16H,8-11,13-14H2,1H3,(H,23,27). The minimum atomic E-state index is -0.202. The molecule has 1 N–H and O–H groups in total. The maximum atomic E-state index is 12.5. The summed E-state index contributed by atoms with van der Waals surface area (Å²) in [4.78, 5) is 27.9. The molecule has 0 radical (unpaired) electrons. The number of likely N-dealkylation sites (tertiary alicyclic amines) is 1. The van der Waals surface area contributed by atoms with Crippen LogP contribution in [0.1, 0.15) is 35.0 Å². The lowest BCUT2D eigenvalue weighted by Crippen LogP contribution is -2.39. The fraction of sp³-hybridized carbons (Fsp3) is 0.381. The molecule has 0 aliphatic carbocycles. The first-order chi connectivity index (χ1) is 14.1. The molecule has 0 saturated carbocycles. The van der Waals surface area contributed by atoms with E-state index in [4.69, 9.17) is 4.74 Å². The quantitative estimate of drug-likeness (QED) is 0.675. The number of thiophene rings is 1. The van der Waals surface area contributed by atoms with Crippen LogP contribution >= 0.6 is 11.3 Å². The van der Waals surface area contributed by atoms with Crippen LogP contribution in [0, 0.1) is 0 Å². The third-order valence-corrected chi connectivity index (χ3v) is 6.28. The van der Waals surface area contributed by atoms with Crippen molar-refractivity contribution in [3.63, 3.8) is 0 Å². The fourth-order valence-electron chi connectivity index (χ4n) is 3.77. The number of hydrogen-bond acceptors (Lipinski definition) is 5. The van der Waals surface area contributed by atoms with Crippen molar-refractivity contribution in [3.8, 4) is 5.75 Å². The summed E-state index contributed by atoms with van der Waals surface area (Å²) in [6, 6.07) is 11.6. The zero-order valence-electron chi connectivity index (χ0n) is 16.3. The van der Waals surface area contributed by atoms with Crippen LogP contribution in [-0.2, 0) is 17.8 Å². The van der Waals surface area contributed by atoms with Gasteiger partial charge in [0, 0.05) is 23.9 Å². The molecule has 0 unspecified atom stereocenters. The molecule has 4 rings (SSSR count). The number of ether oxygens (including phenoxy) is 1. The van der Waals surface area contributed by atoms with Gasteiger partial charge in [-0.2, -0.15) is 5.10 Å². The molecule has 8 heteroatoms. The van der Waals surface area contributed by atoms with Gasteiger partial charge in [-0.25, -0.2) is 9.89 Å². The van der Waals surface area contributed by atoms with Crippen LogP contribution in [0.2, 0.25) is 0 Å². The molecule has 3 heterocycles. The van der Waals surface area contributed by atoms with Crippen molar-refractivity contribution in [1.82, 2.24) is 19.7 Å². The van der Waals surface area contributed by atoms with Crippen LogP contribution < -0.4 is 10.4 Å². The van der Waals surface area contributed by atoms with Crippen molar-refractivity contribution < 1.29 is 9.53 Å². The van der Waals surface area contributed by atoms with E-state index in [-0.39, 0.29) is 17.5 Å². The number of benzene rings is 1. The van der Waals surface area contributed by atoms with Crippen LogP contribution in [0.25, 0.3) is 0 Å². The van der Waals surface area contributed by atoms with Gasteiger partial charge < -0.3 is 9.64 Å². The van der Waals surface area contributed by atoms with Crippen LogP contribution in [0.5, 0.6) is 5.75 Å². The average Bonchev–Trinajstić information content (AvgIpc) is 3.39. The molecular formula is C21H24N4O3S. The van der Waals surface area contributed by atoms with Gasteiger partial charge in [0.05, 0.1) is 20.1 Å². The molecule has 0 atom stereocenters. The van der Waals surface area contributed by atoms with Gasteiger partial charge in [0.2, 0.25) is 5.91 Å². The first-order valence-electron chi connectivity index (χ1n) is 9.72. The molecular weight excluding hydrogens is 388 g/mol. The fourth-order valence-corrected chi connectivity index (χ4v) is 4.46. The van der Waals surface area contributed by atoms with Gasteiger partial charge in [0.25, 0.3) is 0 Å². The van der Waals surface area contributed by atoms with Crippen molar-refractivity contribution in [2.75, 3.05) is 20.2 Å². The normalized spacial score (nSPS) is 14.9. The minimum absolute atomic E-state index is 0.165. The van der Waals surface area contributed by atoms with Crippen molar-refractivity contribution in [2.24, 2.45) is 0 Å². The third-order valence-electron chi connectivity index (χ3n) is 5.41. The summed E-state index contributed by atoms with van der Waals surface area (Å²) < 4.78 is 6.89. The average molecular weight is 413 g/mol. The molecule has 1 fully saturated rings. The number of aromatic nitrogens is 3. The number of methoxy groups -OCH3 is 1. The summed E-state index contributed by atoms with van der Waals surface area (Å²) in [6.45, 7) is 1.85. The smallest absolute Gasteiger partial charge is 0.343 e. The summed E-state index contributed by atoms with van der Waals surface area (Å²) >= 11 is 1.61. The van der Waals surface area contributed by atoms with E-state index in [1.807, 2.05) is 46.7 Å². The molecule has 1 aliphatic heterocycles. The molecule has 1 saturated heterocycles. The number of carbonyl (C=O) groups excluding carboxylic acids is 1. The highest BCUT2D eigenvalue weighted by Gasteiger charge is 2.27. The minimum Gasteiger partial charge on any atom is -0.497 e. The molecule has 1 aliphatic rings. The van der Waals surface area contributed by atoms with Crippen LogP contribution in [0.4, 0.5) is 0 Å². The largest absolute Gasteiger partial charge is 0.497 e. The molecule has 0 bridgehead atoms. The van der Waals surface area contributed by atoms with E-state index >= 15 is 0 Å². The predicted molar refractivity (Wildman–Crippen MR) is 112 cm³/mol. The second kappa shape index (κ2) is 8.65. The van der Waals surface area contributed by atoms with Gasteiger partial charge in [-0.3, -0.25) is 9.36 Å². The second-order valence-corrected chi connectivity index (χ2v) is 8.26. The summed E-state index contributed by atoms with van der Waals surface area (Å²) in [5.41, 5.74) is 0.811. The van der Waals surface area contributed by atoms with Crippen molar-refractivity contribution >= 4 is 17.2 Å². The van der Waals surface area contributed by atoms with E-state index in [0.29, 0.717) is 26.1 Å². The Bertz CT molecular complexity index is 999. The number of nitrogens with one attached hydrogen (secondary N) is 1. The van der Waals surface area contributed by atoms with E-state index in [0.717, 1.165) is 34.9 Å². The lowest BCUT2D eigenvalue weighted by molar-refractivity contribution is -0.131. The van der Waals surface area contributed by atoms with Crippen LogP contribution in [-0.4, -0.2) is 45.8 Å². The lowest BCUT2D eigenvalue weighted by atomic mass is 9.95. The Hall–Kier alpha value is -2.87. The van der Waals surface area contributed by atoms with Gasteiger partial charge >= 0.3 is 5.69 Å². The Morgan fingerprint density at radius 1 is 1.24 bits per heavy atom. The summed E-state index contributed by atoms with van der Waals surface area (Å²) in [6.07, 6.45) is 2.08. The lowest BCUT2D eigenvalue weighted by Gasteiger charge is -2.31. The highest BCUT2D eigenvalue weighted by atomic mass is 32.1. The molecule has 2 aromatic heterocycles. The first kappa shape index (κ1) is 19.4. The second-order valence-electron chi connectivity index (χ2n) is 7.23.